The Morgan fingerprint density at radius 3 is 2.23 bits per heavy atom. The molecule has 0 spiro atoms. The second-order valence-electron chi connectivity index (χ2n) is 7.62. The van der Waals surface area contributed by atoms with Gasteiger partial charge in [0.1, 0.15) is 5.75 Å². The van der Waals surface area contributed by atoms with Crippen LogP contribution in [0.4, 0.5) is 11.4 Å². The van der Waals surface area contributed by atoms with Gasteiger partial charge in [-0.05, 0) is 72.0 Å². The van der Waals surface area contributed by atoms with Gasteiger partial charge in [0.2, 0.25) is 0 Å². The number of anilines is 2. The molecule has 8 nitrogen and oxygen atoms in total. The summed E-state index contributed by atoms with van der Waals surface area (Å²) in [5.41, 5.74) is 6.37. The Morgan fingerprint density at radius 1 is 0.829 bits per heavy atom. The highest BCUT2D eigenvalue weighted by Gasteiger charge is 2.12. The Labute approximate surface area is 204 Å². The summed E-state index contributed by atoms with van der Waals surface area (Å²) in [5, 5.41) is 9.18. The lowest BCUT2D eigenvalue weighted by molar-refractivity contribution is -0.136. The standard InChI is InChI=1S/C27H28N4O4/c1-3-19-9-13-22(14-10-19)29-26(33)27(34)31-28-17-20-11-15-23(16-12-20)35-18-25(32)30-24-8-6-5-7-21(24)4-2/h5-17H,3-4,18H2,1-2H3,(H,29,33)(H,30,32)(H,31,34)/b28-17-. The Hall–Kier alpha value is -4.46. The highest BCUT2D eigenvalue weighted by atomic mass is 16.5. The summed E-state index contributed by atoms with van der Waals surface area (Å²) in [4.78, 5) is 36.1. The molecule has 0 aliphatic heterocycles. The van der Waals surface area contributed by atoms with Crippen LogP contribution in [-0.2, 0) is 27.2 Å². The van der Waals surface area contributed by atoms with Gasteiger partial charge in [-0.15, -0.1) is 0 Å². The van der Waals surface area contributed by atoms with Crippen molar-refractivity contribution in [3.63, 3.8) is 0 Å². The largest absolute Gasteiger partial charge is 0.484 e. The lowest BCUT2D eigenvalue weighted by Gasteiger charge is -2.10. The number of amides is 3. The van der Waals surface area contributed by atoms with E-state index in [0.717, 1.165) is 29.7 Å². The molecule has 0 bridgehead atoms. The third kappa shape index (κ3) is 7.82. The first-order chi connectivity index (χ1) is 17.0. The molecular formula is C27H28N4O4. The number of ether oxygens (including phenoxy) is 1. The Bertz CT molecular complexity index is 1190. The molecule has 0 radical (unpaired) electrons. The number of benzene rings is 3. The second kappa shape index (κ2) is 12.7. The molecule has 3 aromatic carbocycles. The summed E-state index contributed by atoms with van der Waals surface area (Å²) >= 11 is 0. The number of hydrogen-bond donors (Lipinski definition) is 3. The van der Waals surface area contributed by atoms with Crippen LogP contribution in [0.5, 0.6) is 5.75 Å². The van der Waals surface area contributed by atoms with Crippen molar-refractivity contribution in [1.82, 2.24) is 5.43 Å². The summed E-state index contributed by atoms with van der Waals surface area (Å²) in [5.74, 6) is -1.43. The minimum absolute atomic E-state index is 0.127. The van der Waals surface area contributed by atoms with Crippen LogP contribution in [0.15, 0.2) is 77.9 Å². The van der Waals surface area contributed by atoms with Crippen LogP contribution in [0.2, 0.25) is 0 Å². The van der Waals surface area contributed by atoms with E-state index in [-0.39, 0.29) is 12.5 Å². The van der Waals surface area contributed by atoms with Crippen molar-refractivity contribution in [3.8, 4) is 5.75 Å². The summed E-state index contributed by atoms with van der Waals surface area (Å²) in [6.45, 7) is 3.93. The summed E-state index contributed by atoms with van der Waals surface area (Å²) in [7, 11) is 0. The van der Waals surface area contributed by atoms with Crippen molar-refractivity contribution in [2.24, 2.45) is 5.10 Å². The van der Waals surface area contributed by atoms with Gasteiger partial charge in [-0.2, -0.15) is 5.10 Å². The van der Waals surface area contributed by atoms with Crippen LogP contribution >= 0.6 is 0 Å². The molecule has 3 amide bonds. The smallest absolute Gasteiger partial charge is 0.329 e. The zero-order valence-corrected chi connectivity index (χ0v) is 19.7. The molecule has 0 saturated heterocycles. The molecule has 0 unspecified atom stereocenters. The second-order valence-corrected chi connectivity index (χ2v) is 7.62. The van der Waals surface area contributed by atoms with Crippen molar-refractivity contribution >= 4 is 35.3 Å². The summed E-state index contributed by atoms with van der Waals surface area (Å²) in [6, 6.07) is 21.7. The first-order valence-electron chi connectivity index (χ1n) is 11.3. The predicted octanol–water partition coefficient (Wildman–Crippen LogP) is 3.92. The molecule has 35 heavy (non-hydrogen) atoms. The summed E-state index contributed by atoms with van der Waals surface area (Å²) < 4.78 is 5.53. The third-order valence-electron chi connectivity index (χ3n) is 5.13. The van der Waals surface area contributed by atoms with Gasteiger partial charge in [-0.3, -0.25) is 14.4 Å². The van der Waals surface area contributed by atoms with Gasteiger partial charge in [0.25, 0.3) is 5.91 Å². The highest BCUT2D eigenvalue weighted by molar-refractivity contribution is 6.39. The van der Waals surface area contributed by atoms with Crippen molar-refractivity contribution in [3.05, 3.63) is 89.5 Å². The number of nitrogens with one attached hydrogen (secondary N) is 3. The van der Waals surface area contributed by atoms with Crippen molar-refractivity contribution in [2.75, 3.05) is 17.2 Å². The molecule has 0 aliphatic rings. The molecule has 3 aromatic rings. The molecular weight excluding hydrogens is 444 g/mol. The number of hydrogen-bond acceptors (Lipinski definition) is 5. The first kappa shape index (κ1) is 25.2. The van der Waals surface area contributed by atoms with Crippen molar-refractivity contribution in [1.29, 1.82) is 0 Å². The monoisotopic (exact) mass is 472 g/mol. The maximum absolute atomic E-state index is 12.2. The number of carbonyl (C=O) groups excluding carboxylic acids is 3. The molecule has 0 atom stereocenters. The SMILES string of the molecule is CCc1ccc(NC(=O)C(=O)N/N=C\c2ccc(OCC(=O)Nc3ccccc3CC)cc2)cc1. The van der Waals surface area contributed by atoms with E-state index in [9.17, 15) is 14.4 Å². The molecule has 0 saturated carbocycles. The Balaban J connectivity index is 1.43. The Kier molecular flexibility index (Phi) is 9.13. The van der Waals surface area contributed by atoms with Crippen LogP contribution in [0.3, 0.4) is 0 Å². The van der Waals surface area contributed by atoms with Crippen LogP contribution in [0, 0.1) is 0 Å². The molecule has 3 N–H and O–H groups in total. The highest BCUT2D eigenvalue weighted by Crippen LogP contribution is 2.16. The molecule has 180 valence electrons. The number of carbonyl (C=O) groups is 3. The zero-order valence-electron chi connectivity index (χ0n) is 19.7. The topological polar surface area (TPSA) is 109 Å². The quantitative estimate of drug-likeness (QED) is 0.249. The van der Waals surface area contributed by atoms with E-state index in [2.05, 4.69) is 21.2 Å². The van der Waals surface area contributed by atoms with Gasteiger partial charge in [-0.1, -0.05) is 44.2 Å². The van der Waals surface area contributed by atoms with E-state index in [4.69, 9.17) is 4.74 Å². The zero-order chi connectivity index (χ0) is 25.0. The van der Waals surface area contributed by atoms with Gasteiger partial charge < -0.3 is 15.4 Å². The average molecular weight is 473 g/mol. The molecule has 8 heteroatoms. The molecule has 0 aliphatic carbocycles. The van der Waals surface area contributed by atoms with Gasteiger partial charge in [0.15, 0.2) is 6.61 Å². The Morgan fingerprint density at radius 2 is 1.54 bits per heavy atom. The number of para-hydroxylation sites is 1. The van der Waals surface area contributed by atoms with Crippen molar-refractivity contribution in [2.45, 2.75) is 26.7 Å². The fourth-order valence-corrected chi connectivity index (χ4v) is 3.16. The lowest BCUT2D eigenvalue weighted by Crippen LogP contribution is -2.32. The van der Waals surface area contributed by atoms with E-state index in [1.165, 1.54) is 6.21 Å². The van der Waals surface area contributed by atoms with Crippen LogP contribution < -0.4 is 20.8 Å². The number of aryl methyl sites for hydroxylation is 2. The van der Waals surface area contributed by atoms with Crippen LogP contribution in [0.1, 0.15) is 30.5 Å². The number of hydrazone groups is 1. The van der Waals surface area contributed by atoms with Crippen LogP contribution in [0.25, 0.3) is 0 Å². The minimum Gasteiger partial charge on any atom is -0.484 e. The molecule has 3 rings (SSSR count). The van der Waals surface area contributed by atoms with Gasteiger partial charge in [-0.25, -0.2) is 5.43 Å². The van der Waals surface area contributed by atoms with E-state index in [0.29, 0.717) is 17.0 Å². The predicted molar refractivity (Wildman–Crippen MR) is 137 cm³/mol. The van der Waals surface area contributed by atoms with Gasteiger partial charge in [0.05, 0.1) is 6.21 Å². The van der Waals surface area contributed by atoms with E-state index >= 15 is 0 Å². The number of rotatable bonds is 9. The minimum atomic E-state index is -0.878. The third-order valence-corrected chi connectivity index (χ3v) is 5.13. The molecule has 0 aromatic heterocycles. The van der Waals surface area contributed by atoms with E-state index < -0.39 is 11.8 Å². The van der Waals surface area contributed by atoms with E-state index in [1.807, 2.05) is 50.2 Å². The van der Waals surface area contributed by atoms with Crippen molar-refractivity contribution < 1.29 is 19.1 Å². The maximum Gasteiger partial charge on any atom is 0.329 e. The maximum atomic E-state index is 12.2. The molecule has 0 heterocycles. The molecule has 0 fully saturated rings. The summed E-state index contributed by atoms with van der Waals surface area (Å²) in [6.07, 6.45) is 3.11. The van der Waals surface area contributed by atoms with Crippen LogP contribution in [-0.4, -0.2) is 30.5 Å². The lowest BCUT2D eigenvalue weighted by atomic mass is 10.1. The van der Waals surface area contributed by atoms with E-state index in [1.54, 1.807) is 36.4 Å². The number of nitrogens with zero attached hydrogens (tertiary/aromatic N) is 1. The van der Waals surface area contributed by atoms with Gasteiger partial charge >= 0.3 is 11.8 Å². The van der Waals surface area contributed by atoms with Gasteiger partial charge in [0, 0.05) is 11.4 Å². The normalized spacial score (nSPS) is 10.6. The fraction of sp³-hybridized carbons (Fsp3) is 0.185. The fourth-order valence-electron chi connectivity index (χ4n) is 3.16. The first-order valence-corrected chi connectivity index (χ1v) is 11.3. The average Bonchev–Trinajstić information content (AvgIpc) is 2.89.